The standard InChI is InChI=1S/C30H27ClF3N7O3/c1-16-5-8-20(38-28(43)19-6-9-23(31)22(13-19)30(32,33)34)12-18(16)7-10-24-25-26(35)36-15-37-27(25)41(39-24)21-4-3-11-40(14-21)29(44)17(2)42/h5-6,8-9,12-13,15,17,21,42H,3-4,11,14H2,1-2H3,(H,38,43)(H2,35,36,37)/t17-,21?/m1/s1. The fourth-order valence-corrected chi connectivity index (χ4v) is 5.23. The number of hydrogen-bond donors (Lipinski definition) is 3. The van der Waals surface area contributed by atoms with Crippen molar-refractivity contribution in [3.8, 4) is 11.8 Å². The predicted molar refractivity (Wildman–Crippen MR) is 158 cm³/mol. The molecule has 1 aliphatic rings. The number of hydrogen-bond acceptors (Lipinski definition) is 7. The second-order valence-electron chi connectivity index (χ2n) is 10.4. The number of carbonyl (C=O) groups excluding carboxylic acids is 2. The molecule has 1 saturated heterocycles. The van der Waals surface area contributed by atoms with Gasteiger partial charge in [-0.1, -0.05) is 23.6 Å². The van der Waals surface area contributed by atoms with Gasteiger partial charge in [-0.15, -0.1) is 0 Å². The third kappa shape index (κ3) is 6.31. The van der Waals surface area contributed by atoms with Crippen molar-refractivity contribution in [2.75, 3.05) is 24.1 Å². The lowest BCUT2D eigenvalue weighted by molar-refractivity contribution is -0.141. The molecule has 0 bridgehead atoms. The second-order valence-corrected chi connectivity index (χ2v) is 10.8. The van der Waals surface area contributed by atoms with Gasteiger partial charge in [-0.2, -0.15) is 18.3 Å². The first-order chi connectivity index (χ1) is 20.8. The minimum atomic E-state index is -4.71. The van der Waals surface area contributed by atoms with Crippen LogP contribution in [0, 0.1) is 18.8 Å². The summed E-state index contributed by atoms with van der Waals surface area (Å²) in [4.78, 5) is 35.3. The van der Waals surface area contributed by atoms with Gasteiger partial charge in [0.15, 0.2) is 5.65 Å². The van der Waals surface area contributed by atoms with Crippen LogP contribution in [0.1, 0.15) is 58.5 Å². The first-order valence-corrected chi connectivity index (χ1v) is 14.0. The molecule has 1 fully saturated rings. The van der Waals surface area contributed by atoms with Crippen LogP contribution in [0.3, 0.4) is 0 Å². The Morgan fingerprint density at radius 1 is 1.18 bits per heavy atom. The van der Waals surface area contributed by atoms with Crippen LogP contribution in [-0.4, -0.2) is 60.8 Å². The molecule has 5 rings (SSSR count). The van der Waals surface area contributed by atoms with Crippen molar-refractivity contribution in [3.63, 3.8) is 0 Å². The molecule has 228 valence electrons. The van der Waals surface area contributed by atoms with E-state index in [0.29, 0.717) is 53.6 Å². The van der Waals surface area contributed by atoms with Gasteiger partial charge in [0, 0.05) is 29.9 Å². The Bertz CT molecular complexity index is 1830. The molecule has 0 radical (unpaired) electrons. The summed E-state index contributed by atoms with van der Waals surface area (Å²) in [7, 11) is 0. The summed E-state index contributed by atoms with van der Waals surface area (Å²) in [6, 6.07) is 7.63. The lowest BCUT2D eigenvalue weighted by atomic mass is 10.1. The number of amides is 2. The van der Waals surface area contributed by atoms with Gasteiger partial charge in [0.2, 0.25) is 0 Å². The van der Waals surface area contributed by atoms with E-state index in [9.17, 15) is 27.9 Å². The molecule has 1 unspecified atom stereocenters. The minimum absolute atomic E-state index is 0.178. The van der Waals surface area contributed by atoms with Gasteiger partial charge in [0.1, 0.15) is 23.9 Å². The third-order valence-corrected chi connectivity index (χ3v) is 7.60. The monoisotopic (exact) mass is 625 g/mol. The molecule has 3 heterocycles. The number of halogens is 4. The number of nitrogens with one attached hydrogen (secondary N) is 1. The Labute approximate surface area is 255 Å². The van der Waals surface area contributed by atoms with Crippen molar-refractivity contribution in [1.29, 1.82) is 0 Å². The first-order valence-electron chi connectivity index (χ1n) is 13.6. The SMILES string of the molecule is Cc1ccc(NC(=O)c2ccc(Cl)c(C(F)(F)F)c2)cc1C#Cc1nn(C2CCCN(C(=O)[C@@H](C)O)C2)c2ncnc(N)c12. The number of nitrogens with two attached hydrogens (primary N) is 1. The smallest absolute Gasteiger partial charge is 0.384 e. The fraction of sp³-hybridized carbons (Fsp3) is 0.300. The Kier molecular flexibility index (Phi) is 8.49. The van der Waals surface area contributed by atoms with Gasteiger partial charge in [-0.25, -0.2) is 14.6 Å². The summed E-state index contributed by atoms with van der Waals surface area (Å²) < 4.78 is 41.5. The summed E-state index contributed by atoms with van der Waals surface area (Å²) in [5.74, 6) is 5.14. The number of alkyl halides is 3. The highest BCUT2D eigenvalue weighted by molar-refractivity contribution is 6.31. The molecule has 2 aromatic carbocycles. The zero-order valence-corrected chi connectivity index (χ0v) is 24.4. The van der Waals surface area contributed by atoms with E-state index < -0.39 is 28.8 Å². The number of benzene rings is 2. The number of carbonyl (C=O) groups is 2. The van der Waals surface area contributed by atoms with Crippen LogP contribution in [0.2, 0.25) is 5.02 Å². The van der Waals surface area contributed by atoms with Crippen molar-refractivity contribution in [2.45, 2.75) is 45.0 Å². The normalized spacial score (nSPS) is 15.9. The molecular weight excluding hydrogens is 599 g/mol. The van der Waals surface area contributed by atoms with Gasteiger partial charge in [0.25, 0.3) is 11.8 Å². The molecular formula is C30H27ClF3N7O3. The summed E-state index contributed by atoms with van der Waals surface area (Å²) in [5, 5.41) is 17.0. The molecule has 0 spiro atoms. The Balaban J connectivity index is 1.44. The number of likely N-dealkylation sites (tertiary alicyclic amines) is 1. The van der Waals surface area contributed by atoms with E-state index in [2.05, 4.69) is 27.1 Å². The zero-order chi connectivity index (χ0) is 31.8. The number of nitrogen functional groups attached to an aromatic ring is 1. The highest BCUT2D eigenvalue weighted by Gasteiger charge is 2.34. The minimum Gasteiger partial charge on any atom is -0.384 e. The van der Waals surface area contributed by atoms with E-state index in [1.807, 2.05) is 6.92 Å². The lowest BCUT2D eigenvalue weighted by Gasteiger charge is -2.33. The maximum atomic E-state index is 13.3. The molecule has 1 aliphatic heterocycles. The second kappa shape index (κ2) is 12.1. The van der Waals surface area contributed by atoms with Gasteiger partial charge in [-0.05, 0) is 68.5 Å². The maximum absolute atomic E-state index is 13.3. The lowest BCUT2D eigenvalue weighted by Crippen LogP contribution is -2.44. The number of aliphatic hydroxyl groups excluding tert-OH is 1. The van der Waals surface area contributed by atoms with E-state index in [1.54, 1.807) is 27.8 Å². The van der Waals surface area contributed by atoms with Crippen LogP contribution < -0.4 is 11.1 Å². The average Bonchev–Trinajstić information content (AvgIpc) is 3.36. The summed E-state index contributed by atoms with van der Waals surface area (Å²) in [6.07, 6.45) is -3.08. The van der Waals surface area contributed by atoms with E-state index in [0.717, 1.165) is 18.1 Å². The number of fused-ring (bicyclic) bond motifs is 1. The van der Waals surface area contributed by atoms with E-state index in [1.165, 1.54) is 19.3 Å². The Morgan fingerprint density at radius 2 is 1.95 bits per heavy atom. The molecule has 2 aromatic heterocycles. The fourth-order valence-electron chi connectivity index (χ4n) is 5.00. The van der Waals surface area contributed by atoms with Crippen molar-refractivity contribution in [3.05, 3.63) is 75.7 Å². The molecule has 4 aromatic rings. The Morgan fingerprint density at radius 3 is 2.68 bits per heavy atom. The number of anilines is 2. The average molecular weight is 626 g/mol. The highest BCUT2D eigenvalue weighted by Crippen LogP contribution is 2.35. The van der Waals surface area contributed by atoms with Crippen molar-refractivity contribution in [1.82, 2.24) is 24.6 Å². The molecule has 14 heteroatoms. The van der Waals surface area contributed by atoms with E-state index in [-0.39, 0.29) is 23.3 Å². The van der Waals surface area contributed by atoms with E-state index >= 15 is 0 Å². The maximum Gasteiger partial charge on any atom is 0.417 e. The molecule has 0 aliphatic carbocycles. The number of aliphatic hydroxyl groups is 1. The summed E-state index contributed by atoms with van der Waals surface area (Å²) >= 11 is 5.68. The first kappa shape index (κ1) is 30.8. The number of aromatic nitrogens is 4. The molecule has 0 saturated carbocycles. The van der Waals surface area contributed by atoms with Gasteiger partial charge in [0.05, 0.1) is 22.0 Å². The van der Waals surface area contributed by atoms with Crippen LogP contribution in [0.5, 0.6) is 0 Å². The molecule has 10 nitrogen and oxygen atoms in total. The molecule has 2 atom stereocenters. The van der Waals surface area contributed by atoms with Crippen LogP contribution in [0.25, 0.3) is 11.0 Å². The predicted octanol–water partition coefficient (Wildman–Crippen LogP) is 4.59. The topological polar surface area (TPSA) is 139 Å². The quantitative estimate of drug-likeness (QED) is 0.282. The van der Waals surface area contributed by atoms with Crippen molar-refractivity contribution < 1.29 is 27.9 Å². The number of piperidine rings is 1. The van der Waals surface area contributed by atoms with Gasteiger partial charge < -0.3 is 21.1 Å². The number of rotatable bonds is 4. The van der Waals surface area contributed by atoms with Crippen LogP contribution in [-0.2, 0) is 11.0 Å². The van der Waals surface area contributed by atoms with Crippen molar-refractivity contribution >= 4 is 46.0 Å². The zero-order valence-electron chi connectivity index (χ0n) is 23.6. The molecule has 4 N–H and O–H groups in total. The van der Waals surface area contributed by atoms with Crippen LogP contribution in [0.15, 0.2) is 42.7 Å². The van der Waals surface area contributed by atoms with E-state index in [4.69, 9.17) is 22.4 Å². The molecule has 44 heavy (non-hydrogen) atoms. The third-order valence-electron chi connectivity index (χ3n) is 7.27. The highest BCUT2D eigenvalue weighted by atomic mass is 35.5. The number of nitrogens with zero attached hydrogens (tertiary/aromatic N) is 5. The Hall–Kier alpha value is -4.67. The van der Waals surface area contributed by atoms with Crippen LogP contribution in [0.4, 0.5) is 24.7 Å². The van der Waals surface area contributed by atoms with Gasteiger partial charge in [-0.3, -0.25) is 9.59 Å². The summed E-state index contributed by atoms with van der Waals surface area (Å²) in [6.45, 7) is 4.10. The summed E-state index contributed by atoms with van der Waals surface area (Å²) in [5.41, 5.74) is 7.27. The van der Waals surface area contributed by atoms with Gasteiger partial charge >= 0.3 is 6.18 Å². The van der Waals surface area contributed by atoms with Crippen LogP contribution >= 0.6 is 11.6 Å². The molecule has 2 amide bonds. The number of aryl methyl sites for hydroxylation is 1. The largest absolute Gasteiger partial charge is 0.417 e. The van der Waals surface area contributed by atoms with Crippen molar-refractivity contribution in [2.24, 2.45) is 0 Å².